The lowest BCUT2D eigenvalue weighted by Crippen LogP contribution is -2.00. The van der Waals surface area contributed by atoms with Gasteiger partial charge in [-0.25, -0.2) is 4.98 Å². The lowest BCUT2D eigenvalue weighted by molar-refractivity contribution is 0.178. The molecule has 3 heterocycles. The summed E-state index contributed by atoms with van der Waals surface area (Å²) in [5.41, 5.74) is 2.39. The van der Waals surface area contributed by atoms with Crippen LogP contribution in [0.3, 0.4) is 0 Å². The van der Waals surface area contributed by atoms with Crippen LogP contribution in [0, 0.1) is 17.3 Å². The Morgan fingerprint density at radius 3 is 2.69 bits per heavy atom. The number of nitriles is 1. The SMILES string of the molecule is N#Cc1c(-c2ccnc(F)c2)sc(-c2cnn(CO)n2)c1-c1ccc(Cl)cc1Cl. The first-order valence-electron chi connectivity index (χ1n) is 8.17. The fraction of sp³-hybridized carbons (Fsp3) is 0.0526. The van der Waals surface area contributed by atoms with Crippen molar-refractivity contribution in [3.05, 3.63) is 64.3 Å². The number of aliphatic hydroxyl groups is 1. The van der Waals surface area contributed by atoms with E-state index in [2.05, 4.69) is 21.3 Å². The zero-order chi connectivity index (χ0) is 20.5. The number of hydrogen-bond donors (Lipinski definition) is 1. The summed E-state index contributed by atoms with van der Waals surface area (Å²) in [6.07, 6.45) is 2.82. The maximum atomic E-state index is 13.7. The van der Waals surface area contributed by atoms with E-state index in [4.69, 9.17) is 23.2 Å². The molecule has 0 spiro atoms. The van der Waals surface area contributed by atoms with Gasteiger partial charge in [-0.05, 0) is 23.8 Å². The van der Waals surface area contributed by atoms with Crippen molar-refractivity contribution in [2.45, 2.75) is 6.73 Å². The summed E-state index contributed by atoms with van der Waals surface area (Å²) in [5, 5.41) is 28.3. The van der Waals surface area contributed by atoms with Crippen molar-refractivity contribution >= 4 is 34.5 Å². The normalized spacial score (nSPS) is 10.9. The minimum atomic E-state index is -0.654. The van der Waals surface area contributed by atoms with Gasteiger partial charge in [-0.2, -0.15) is 24.6 Å². The number of halogens is 3. The molecule has 6 nitrogen and oxygen atoms in total. The molecular weight excluding hydrogens is 436 g/mol. The summed E-state index contributed by atoms with van der Waals surface area (Å²) in [6, 6.07) is 10.0. The van der Waals surface area contributed by atoms with Crippen molar-refractivity contribution in [3.63, 3.8) is 0 Å². The van der Waals surface area contributed by atoms with Gasteiger partial charge in [-0.1, -0.05) is 29.3 Å². The van der Waals surface area contributed by atoms with Crippen LogP contribution in [-0.4, -0.2) is 25.1 Å². The van der Waals surface area contributed by atoms with Crippen molar-refractivity contribution in [2.75, 3.05) is 0 Å². The highest BCUT2D eigenvalue weighted by molar-refractivity contribution is 7.19. The van der Waals surface area contributed by atoms with Crippen molar-refractivity contribution in [1.29, 1.82) is 5.26 Å². The predicted octanol–water partition coefficient (Wildman–Crippen LogP) is 5.00. The lowest BCUT2D eigenvalue weighted by Gasteiger charge is -2.07. The molecule has 3 aromatic heterocycles. The number of rotatable bonds is 4. The summed E-state index contributed by atoms with van der Waals surface area (Å²) >= 11 is 13.7. The Bertz CT molecular complexity index is 1260. The highest BCUT2D eigenvalue weighted by Gasteiger charge is 2.25. The molecule has 0 saturated carbocycles. The largest absolute Gasteiger partial charge is 0.373 e. The Morgan fingerprint density at radius 1 is 1.21 bits per heavy atom. The van der Waals surface area contributed by atoms with Gasteiger partial charge in [0.15, 0.2) is 6.73 Å². The second kappa shape index (κ2) is 7.89. The number of aliphatic hydroxyl groups excluding tert-OH is 1. The van der Waals surface area contributed by atoms with Gasteiger partial charge >= 0.3 is 0 Å². The van der Waals surface area contributed by atoms with Gasteiger partial charge in [0.1, 0.15) is 11.8 Å². The fourth-order valence-electron chi connectivity index (χ4n) is 2.88. The zero-order valence-corrected chi connectivity index (χ0v) is 16.8. The molecule has 0 aliphatic carbocycles. The van der Waals surface area contributed by atoms with Crippen molar-refractivity contribution in [2.24, 2.45) is 0 Å². The predicted molar refractivity (Wildman–Crippen MR) is 109 cm³/mol. The second-order valence-corrected chi connectivity index (χ2v) is 7.72. The van der Waals surface area contributed by atoms with Gasteiger partial charge in [0, 0.05) is 33.4 Å². The molecule has 4 aromatic rings. The summed E-state index contributed by atoms with van der Waals surface area (Å²) in [7, 11) is 0. The quantitative estimate of drug-likeness (QED) is 0.446. The Balaban J connectivity index is 2.04. The molecule has 0 unspecified atom stereocenters. The Morgan fingerprint density at radius 2 is 2.03 bits per heavy atom. The first-order chi connectivity index (χ1) is 14.0. The summed E-state index contributed by atoms with van der Waals surface area (Å²) < 4.78 is 13.7. The van der Waals surface area contributed by atoms with E-state index in [0.717, 1.165) is 4.80 Å². The molecule has 1 N–H and O–H groups in total. The van der Waals surface area contributed by atoms with Crippen LogP contribution < -0.4 is 0 Å². The molecule has 0 atom stereocenters. The van der Waals surface area contributed by atoms with Crippen LogP contribution in [-0.2, 0) is 6.73 Å². The molecule has 0 saturated heterocycles. The molecule has 10 heteroatoms. The maximum Gasteiger partial charge on any atom is 0.213 e. The van der Waals surface area contributed by atoms with E-state index in [0.29, 0.717) is 47.7 Å². The van der Waals surface area contributed by atoms with Crippen LogP contribution in [0.15, 0.2) is 42.7 Å². The third kappa shape index (κ3) is 3.61. The van der Waals surface area contributed by atoms with Crippen LogP contribution in [0.1, 0.15) is 5.56 Å². The second-order valence-electron chi connectivity index (χ2n) is 5.86. The van der Waals surface area contributed by atoms with E-state index < -0.39 is 12.7 Å². The van der Waals surface area contributed by atoms with E-state index in [1.54, 1.807) is 24.3 Å². The van der Waals surface area contributed by atoms with Crippen LogP contribution in [0.5, 0.6) is 0 Å². The molecule has 4 rings (SSSR count). The highest BCUT2D eigenvalue weighted by Crippen LogP contribution is 2.48. The van der Waals surface area contributed by atoms with Crippen molar-refractivity contribution in [1.82, 2.24) is 20.0 Å². The highest BCUT2D eigenvalue weighted by atomic mass is 35.5. The minimum Gasteiger partial charge on any atom is -0.373 e. The van der Waals surface area contributed by atoms with Gasteiger partial charge in [0.25, 0.3) is 0 Å². The van der Waals surface area contributed by atoms with Crippen molar-refractivity contribution in [3.8, 4) is 38.2 Å². The third-order valence-corrected chi connectivity index (χ3v) is 5.91. The van der Waals surface area contributed by atoms with Crippen molar-refractivity contribution < 1.29 is 9.50 Å². The van der Waals surface area contributed by atoms with E-state index in [9.17, 15) is 14.8 Å². The molecule has 0 radical (unpaired) electrons. The number of pyridine rings is 1. The Labute approximate surface area is 178 Å². The molecule has 0 aliphatic heterocycles. The molecule has 29 heavy (non-hydrogen) atoms. The van der Waals surface area contributed by atoms with E-state index in [-0.39, 0.29) is 0 Å². The Kier molecular flexibility index (Phi) is 5.30. The number of benzene rings is 1. The topological polar surface area (TPSA) is 87.6 Å². The van der Waals surface area contributed by atoms with Crippen LogP contribution in [0.4, 0.5) is 4.39 Å². The molecule has 0 aliphatic rings. The number of nitrogens with zero attached hydrogens (tertiary/aromatic N) is 5. The van der Waals surface area contributed by atoms with Gasteiger partial charge in [0.05, 0.1) is 21.5 Å². The van der Waals surface area contributed by atoms with Gasteiger partial charge < -0.3 is 5.11 Å². The van der Waals surface area contributed by atoms with Gasteiger partial charge in [-0.3, -0.25) is 0 Å². The number of aromatic nitrogens is 4. The first kappa shape index (κ1) is 19.5. The van der Waals surface area contributed by atoms with Gasteiger partial charge in [0.2, 0.25) is 5.95 Å². The molecule has 1 aromatic carbocycles. The smallest absolute Gasteiger partial charge is 0.213 e. The van der Waals surface area contributed by atoms with E-state index >= 15 is 0 Å². The fourth-order valence-corrected chi connectivity index (χ4v) is 4.60. The van der Waals surface area contributed by atoms with Crippen LogP contribution in [0.2, 0.25) is 10.0 Å². The van der Waals surface area contributed by atoms with Crippen LogP contribution in [0.25, 0.3) is 32.1 Å². The molecule has 0 amide bonds. The maximum absolute atomic E-state index is 13.7. The standard InChI is InChI=1S/C19H10Cl2FN5OS/c20-11-1-2-12(14(21)6-11)17-13(7-23)18(10-3-4-24-16(22)5-10)29-19(17)15-8-25-27(9-28)26-15/h1-6,8,28H,9H2. The number of thiophene rings is 1. The van der Waals surface area contributed by atoms with E-state index in [1.165, 1.54) is 29.8 Å². The molecule has 0 fully saturated rings. The monoisotopic (exact) mass is 445 g/mol. The average Bonchev–Trinajstić information content (AvgIpc) is 3.32. The first-order valence-corrected chi connectivity index (χ1v) is 9.74. The summed E-state index contributed by atoms with van der Waals surface area (Å²) in [6.45, 7) is -0.393. The summed E-state index contributed by atoms with van der Waals surface area (Å²) in [4.78, 5) is 5.84. The average molecular weight is 446 g/mol. The van der Waals surface area contributed by atoms with Gasteiger partial charge in [-0.15, -0.1) is 11.3 Å². The third-order valence-electron chi connectivity index (χ3n) is 4.10. The van der Waals surface area contributed by atoms with Crippen LogP contribution >= 0.6 is 34.5 Å². The molecule has 144 valence electrons. The molecular formula is C19H10Cl2FN5OS. The number of hydrogen-bond acceptors (Lipinski definition) is 6. The summed E-state index contributed by atoms with van der Waals surface area (Å²) in [5.74, 6) is -0.654. The zero-order valence-electron chi connectivity index (χ0n) is 14.5. The Hall–Kier alpha value is -2.83. The minimum absolute atomic E-state index is 0.318. The molecule has 0 bridgehead atoms. The van der Waals surface area contributed by atoms with E-state index in [1.807, 2.05) is 0 Å². The lowest BCUT2D eigenvalue weighted by atomic mass is 9.98.